The highest BCUT2D eigenvalue weighted by atomic mass is 32.1. The van der Waals surface area contributed by atoms with E-state index in [9.17, 15) is 0 Å². The monoisotopic (exact) mass is 290 g/mol. The van der Waals surface area contributed by atoms with Crippen molar-refractivity contribution < 1.29 is 0 Å². The van der Waals surface area contributed by atoms with E-state index in [4.69, 9.17) is 4.98 Å². The van der Waals surface area contributed by atoms with Crippen LogP contribution in [0, 0.1) is 0 Å². The average Bonchev–Trinajstić information content (AvgIpc) is 2.97. The van der Waals surface area contributed by atoms with Crippen LogP contribution < -0.4 is 5.32 Å². The molecule has 0 radical (unpaired) electrons. The van der Waals surface area contributed by atoms with Gasteiger partial charge in [0.05, 0.1) is 16.9 Å². The van der Waals surface area contributed by atoms with Crippen molar-refractivity contribution in [3.8, 4) is 0 Å². The Morgan fingerprint density at radius 3 is 2.90 bits per heavy atom. The van der Waals surface area contributed by atoms with E-state index in [2.05, 4.69) is 35.8 Å². The van der Waals surface area contributed by atoms with E-state index in [-0.39, 0.29) is 0 Å². The summed E-state index contributed by atoms with van der Waals surface area (Å²) in [6.07, 6.45) is 8.08. The Balaban J connectivity index is 1.47. The lowest BCUT2D eigenvalue weighted by Crippen LogP contribution is -2.13. The van der Waals surface area contributed by atoms with E-state index in [1.54, 1.807) is 0 Å². The molecule has 108 valence electrons. The molecule has 0 unspecified atom stereocenters. The molecule has 20 heavy (non-hydrogen) atoms. The average molecular weight is 290 g/mol. The molecule has 1 fully saturated rings. The van der Waals surface area contributed by atoms with Crippen molar-refractivity contribution in [3.05, 3.63) is 34.0 Å². The molecule has 1 aliphatic carbocycles. The van der Waals surface area contributed by atoms with E-state index >= 15 is 0 Å². The van der Waals surface area contributed by atoms with Gasteiger partial charge >= 0.3 is 0 Å². The van der Waals surface area contributed by atoms with Crippen LogP contribution in [-0.4, -0.2) is 14.8 Å². The minimum atomic E-state index is 0.423. The molecule has 4 nitrogen and oxygen atoms in total. The molecule has 0 bridgehead atoms. The summed E-state index contributed by atoms with van der Waals surface area (Å²) in [6, 6.07) is 0.423. The summed E-state index contributed by atoms with van der Waals surface area (Å²) in [6.45, 7) is 5.97. The van der Waals surface area contributed by atoms with Gasteiger partial charge in [-0.05, 0) is 26.7 Å². The maximum atomic E-state index is 4.73. The summed E-state index contributed by atoms with van der Waals surface area (Å²) in [4.78, 5) is 4.73. The molecule has 0 atom stereocenters. The highest BCUT2D eigenvalue weighted by molar-refractivity contribution is 7.09. The number of nitrogens with zero attached hydrogens (tertiary/aromatic N) is 3. The molecule has 1 N–H and O–H groups in total. The Hall–Kier alpha value is -1.20. The van der Waals surface area contributed by atoms with Crippen molar-refractivity contribution in [2.45, 2.75) is 58.2 Å². The van der Waals surface area contributed by atoms with Crippen molar-refractivity contribution in [2.24, 2.45) is 0 Å². The van der Waals surface area contributed by atoms with Gasteiger partial charge in [0.2, 0.25) is 0 Å². The Morgan fingerprint density at radius 1 is 1.40 bits per heavy atom. The first-order valence-electron chi connectivity index (χ1n) is 7.40. The normalized spacial score (nSPS) is 15.8. The number of rotatable bonds is 6. The minimum Gasteiger partial charge on any atom is -0.307 e. The molecule has 5 heteroatoms. The van der Waals surface area contributed by atoms with Crippen LogP contribution in [0.25, 0.3) is 0 Å². The fourth-order valence-corrected chi connectivity index (χ4v) is 3.32. The van der Waals surface area contributed by atoms with E-state index in [0.717, 1.165) is 19.0 Å². The van der Waals surface area contributed by atoms with Gasteiger partial charge in [0.1, 0.15) is 0 Å². The third kappa shape index (κ3) is 3.10. The lowest BCUT2D eigenvalue weighted by atomic mass is 9.86. The summed E-state index contributed by atoms with van der Waals surface area (Å²) in [7, 11) is 0. The number of thiazole rings is 1. The Kier molecular flexibility index (Phi) is 4.17. The predicted molar refractivity (Wildman–Crippen MR) is 81.9 cm³/mol. The van der Waals surface area contributed by atoms with E-state index < -0.39 is 0 Å². The molecule has 0 aliphatic heterocycles. The molecule has 0 amide bonds. The zero-order valence-electron chi connectivity index (χ0n) is 12.2. The zero-order chi connectivity index (χ0) is 13.9. The summed E-state index contributed by atoms with van der Waals surface area (Å²) >= 11 is 1.82. The molecule has 0 saturated heterocycles. The van der Waals surface area contributed by atoms with Crippen LogP contribution in [-0.2, 0) is 13.1 Å². The lowest BCUT2D eigenvalue weighted by Gasteiger charge is -2.22. The van der Waals surface area contributed by atoms with Crippen LogP contribution in [0.1, 0.15) is 61.3 Å². The van der Waals surface area contributed by atoms with Gasteiger partial charge in [-0.1, -0.05) is 6.42 Å². The molecule has 1 saturated carbocycles. The maximum Gasteiger partial charge on any atom is 0.0959 e. The van der Waals surface area contributed by atoms with Gasteiger partial charge in [-0.25, -0.2) is 4.98 Å². The Bertz CT molecular complexity index is 554. The molecule has 1 aliphatic rings. The molecule has 3 rings (SSSR count). The number of hydrogen-bond donors (Lipinski definition) is 1. The summed E-state index contributed by atoms with van der Waals surface area (Å²) in [5.41, 5.74) is 2.40. The molecule has 0 spiro atoms. The topological polar surface area (TPSA) is 42.7 Å². The quantitative estimate of drug-likeness (QED) is 0.885. The van der Waals surface area contributed by atoms with Crippen LogP contribution in [0.15, 0.2) is 17.8 Å². The molecule has 2 aromatic heterocycles. The van der Waals surface area contributed by atoms with E-state index in [0.29, 0.717) is 6.04 Å². The SMILES string of the molecule is CC(C)n1cc(CNCc2csc(C3CCC3)n2)cn1. The lowest BCUT2D eigenvalue weighted by molar-refractivity contribution is 0.417. The number of hydrogen-bond acceptors (Lipinski definition) is 4. The molecular formula is C15H22N4S. The van der Waals surface area contributed by atoms with Crippen molar-refractivity contribution in [2.75, 3.05) is 0 Å². The first-order valence-corrected chi connectivity index (χ1v) is 8.28. The summed E-state index contributed by atoms with van der Waals surface area (Å²) in [5, 5.41) is 11.3. The fourth-order valence-electron chi connectivity index (χ4n) is 2.33. The minimum absolute atomic E-state index is 0.423. The molecule has 0 aromatic carbocycles. The van der Waals surface area contributed by atoms with Gasteiger partial charge in [-0.2, -0.15) is 5.10 Å². The third-order valence-corrected chi connectivity index (χ3v) is 4.90. The van der Waals surface area contributed by atoms with Gasteiger partial charge in [0.15, 0.2) is 0 Å². The largest absolute Gasteiger partial charge is 0.307 e. The van der Waals surface area contributed by atoms with Crippen LogP contribution >= 0.6 is 11.3 Å². The van der Waals surface area contributed by atoms with Crippen LogP contribution in [0.4, 0.5) is 0 Å². The Morgan fingerprint density at radius 2 is 2.25 bits per heavy atom. The van der Waals surface area contributed by atoms with Gasteiger partial charge in [-0.15, -0.1) is 11.3 Å². The first-order chi connectivity index (χ1) is 9.72. The maximum absolute atomic E-state index is 4.73. The number of nitrogens with one attached hydrogen (secondary N) is 1. The zero-order valence-corrected chi connectivity index (χ0v) is 13.0. The fraction of sp³-hybridized carbons (Fsp3) is 0.600. The van der Waals surface area contributed by atoms with Crippen molar-refractivity contribution in [1.82, 2.24) is 20.1 Å². The Labute approximate surface area is 124 Å². The van der Waals surface area contributed by atoms with Crippen LogP contribution in [0.2, 0.25) is 0 Å². The molecular weight excluding hydrogens is 268 g/mol. The van der Waals surface area contributed by atoms with Crippen LogP contribution in [0.3, 0.4) is 0 Å². The van der Waals surface area contributed by atoms with Gasteiger partial charge < -0.3 is 5.32 Å². The standard InChI is InChI=1S/C15H22N4S/c1-11(2)19-9-12(7-17-19)6-16-8-14-10-20-15(18-14)13-4-3-5-13/h7,9-11,13,16H,3-6,8H2,1-2H3. The summed E-state index contributed by atoms with van der Waals surface area (Å²) in [5.74, 6) is 0.748. The second-order valence-electron chi connectivity index (χ2n) is 5.83. The van der Waals surface area contributed by atoms with Gasteiger partial charge in [-0.3, -0.25) is 4.68 Å². The highest BCUT2D eigenvalue weighted by Gasteiger charge is 2.22. The van der Waals surface area contributed by atoms with E-state index in [1.807, 2.05) is 22.2 Å². The van der Waals surface area contributed by atoms with Crippen molar-refractivity contribution in [3.63, 3.8) is 0 Å². The first kappa shape index (κ1) is 13.8. The van der Waals surface area contributed by atoms with E-state index in [1.165, 1.54) is 35.5 Å². The predicted octanol–water partition coefficient (Wildman–Crippen LogP) is 3.48. The van der Waals surface area contributed by atoms with Gasteiger partial charge in [0, 0.05) is 42.2 Å². The second kappa shape index (κ2) is 6.06. The van der Waals surface area contributed by atoms with Gasteiger partial charge in [0.25, 0.3) is 0 Å². The van der Waals surface area contributed by atoms with Crippen molar-refractivity contribution in [1.29, 1.82) is 0 Å². The number of aromatic nitrogens is 3. The summed E-state index contributed by atoms with van der Waals surface area (Å²) < 4.78 is 1.99. The highest BCUT2D eigenvalue weighted by Crippen LogP contribution is 2.37. The third-order valence-electron chi connectivity index (χ3n) is 3.84. The van der Waals surface area contributed by atoms with Crippen LogP contribution in [0.5, 0.6) is 0 Å². The molecule has 2 heterocycles. The molecule has 2 aromatic rings. The second-order valence-corrected chi connectivity index (χ2v) is 6.72. The smallest absolute Gasteiger partial charge is 0.0959 e. The van der Waals surface area contributed by atoms with Crippen molar-refractivity contribution >= 4 is 11.3 Å².